The summed E-state index contributed by atoms with van der Waals surface area (Å²) < 4.78 is 5.49. The summed E-state index contributed by atoms with van der Waals surface area (Å²) in [6.07, 6.45) is 1.11. The maximum Gasteiger partial charge on any atom is 0.119 e. The lowest BCUT2D eigenvalue weighted by Gasteiger charge is -2.22. The quantitative estimate of drug-likeness (QED) is 0.746. The lowest BCUT2D eigenvalue weighted by Crippen LogP contribution is -2.13. The van der Waals surface area contributed by atoms with E-state index in [9.17, 15) is 0 Å². The molecule has 0 radical (unpaired) electrons. The predicted octanol–water partition coefficient (Wildman–Crippen LogP) is 5.28. The highest BCUT2D eigenvalue weighted by molar-refractivity contribution is 5.48. The first-order valence-electron chi connectivity index (χ1n) is 7.73. The highest BCUT2D eigenvalue weighted by Crippen LogP contribution is 2.26. The van der Waals surface area contributed by atoms with Crippen LogP contribution >= 0.6 is 0 Å². The average molecular weight is 283 g/mol. The van der Waals surface area contributed by atoms with Crippen LogP contribution in [0.3, 0.4) is 0 Å². The van der Waals surface area contributed by atoms with Crippen molar-refractivity contribution in [1.82, 2.24) is 0 Å². The lowest BCUT2D eigenvalue weighted by molar-refractivity contribution is 0.340. The third-order valence-electron chi connectivity index (χ3n) is 3.42. The van der Waals surface area contributed by atoms with Crippen LogP contribution in [0.4, 0.5) is 5.69 Å². The smallest absolute Gasteiger partial charge is 0.119 e. The number of hydrogen-bond donors (Lipinski definition) is 1. The largest absolute Gasteiger partial charge is 0.494 e. The highest BCUT2D eigenvalue weighted by Gasteiger charge is 2.13. The van der Waals surface area contributed by atoms with Gasteiger partial charge in [0.25, 0.3) is 0 Å². The summed E-state index contributed by atoms with van der Waals surface area (Å²) in [5.74, 6) is 1.56. The van der Waals surface area contributed by atoms with Crippen molar-refractivity contribution in [3.05, 3.63) is 60.2 Å². The van der Waals surface area contributed by atoms with E-state index in [0.717, 1.165) is 17.9 Å². The lowest BCUT2D eigenvalue weighted by atomic mass is 9.97. The zero-order chi connectivity index (χ0) is 15.1. The summed E-state index contributed by atoms with van der Waals surface area (Å²) in [5, 5.41) is 3.64. The van der Waals surface area contributed by atoms with Gasteiger partial charge in [-0.15, -0.1) is 0 Å². The molecule has 0 fully saturated rings. The first-order valence-corrected chi connectivity index (χ1v) is 7.73. The number of anilines is 1. The maximum atomic E-state index is 5.49. The molecule has 2 aromatic carbocycles. The molecule has 2 rings (SSSR count). The van der Waals surface area contributed by atoms with Gasteiger partial charge in [0.1, 0.15) is 5.75 Å². The zero-order valence-electron chi connectivity index (χ0n) is 13.2. The molecule has 0 bridgehead atoms. The van der Waals surface area contributed by atoms with Crippen LogP contribution in [0.5, 0.6) is 5.75 Å². The molecule has 0 amide bonds. The monoisotopic (exact) mass is 283 g/mol. The van der Waals surface area contributed by atoms with Crippen LogP contribution in [0.25, 0.3) is 0 Å². The van der Waals surface area contributed by atoms with Crippen molar-refractivity contribution in [2.45, 2.75) is 33.2 Å². The molecule has 0 aliphatic rings. The van der Waals surface area contributed by atoms with Crippen LogP contribution in [0.1, 0.15) is 38.8 Å². The number of nitrogens with one attached hydrogen (secondary N) is 1. The molecule has 112 valence electrons. The minimum absolute atomic E-state index is 0.337. The van der Waals surface area contributed by atoms with Gasteiger partial charge in [0, 0.05) is 5.69 Å². The standard InChI is InChI=1S/C19H25NO/c1-4-21-18-12-10-17(11-13-18)20-19(14-15(2)3)16-8-6-5-7-9-16/h5-13,15,19-20H,4,14H2,1-3H3. The Morgan fingerprint density at radius 2 is 1.62 bits per heavy atom. The Morgan fingerprint density at radius 3 is 2.19 bits per heavy atom. The summed E-state index contributed by atoms with van der Waals surface area (Å²) in [7, 11) is 0. The molecule has 0 spiro atoms. The third kappa shape index (κ3) is 4.82. The molecule has 0 aliphatic carbocycles. The van der Waals surface area contributed by atoms with Gasteiger partial charge in [-0.25, -0.2) is 0 Å². The number of rotatable bonds is 7. The fourth-order valence-electron chi connectivity index (χ4n) is 2.45. The molecule has 0 saturated carbocycles. The van der Waals surface area contributed by atoms with Crippen LogP contribution in [0.2, 0.25) is 0 Å². The van der Waals surface area contributed by atoms with Gasteiger partial charge in [-0.2, -0.15) is 0 Å². The highest BCUT2D eigenvalue weighted by atomic mass is 16.5. The molecular weight excluding hydrogens is 258 g/mol. The van der Waals surface area contributed by atoms with Crippen molar-refractivity contribution in [1.29, 1.82) is 0 Å². The van der Waals surface area contributed by atoms with E-state index in [-0.39, 0.29) is 0 Å². The molecule has 21 heavy (non-hydrogen) atoms. The molecule has 0 saturated heterocycles. The topological polar surface area (TPSA) is 21.3 Å². The first-order chi connectivity index (χ1) is 10.2. The van der Waals surface area contributed by atoms with Crippen LogP contribution in [-0.2, 0) is 0 Å². The predicted molar refractivity (Wildman–Crippen MR) is 89.9 cm³/mol. The van der Waals surface area contributed by atoms with Crippen LogP contribution < -0.4 is 10.1 Å². The Morgan fingerprint density at radius 1 is 0.952 bits per heavy atom. The van der Waals surface area contributed by atoms with Gasteiger partial charge in [-0.05, 0) is 49.1 Å². The van der Waals surface area contributed by atoms with Crippen LogP contribution in [-0.4, -0.2) is 6.61 Å². The van der Waals surface area contributed by atoms with Crippen LogP contribution in [0, 0.1) is 5.92 Å². The van der Waals surface area contributed by atoms with Crippen molar-refractivity contribution < 1.29 is 4.74 Å². The second-order valence-corrected chi connectivity index (χ2v) is 5.69. The summed E-state index contributed by atoms with van der Waals surface area (Å²) in [6, 6.07) is 19.2. The number of hydrogen-bond acceptors (Lipinski definition) is 2. The zero-order valence-corrected chi connectivity index (χ0v) is 13.2. The minimum Gasteiger partial charge on any atom is -0.494 e. The van der Waals surface area contributed by atoms with Gasteiger partial charge in [0.15, 0.2) is 0 Å². The molecule has 2 nitrogen and oxygen atoms in total. The van der Waals surface area contributed by atoms with Gasteiger partial charge in [-0.1, -0.05) is 44.2 Å². The first kappa shape index (κ1) is 15.4. The van der Waals surface area contributed by atoms with Gasteiger partial charge >= 0.3 is 0 Å². The summed E-state index contributed by atoms with van der Waals surface area (Å²) in [6.45, 7) is 7.22. The Labute approximate surface area is 128 Å². The van der Waals surface area contributed by atoms with Crippen molar-refractivity contribution >= 4 is 5.69 Å². The van der Waals surface area contributed by atoms with E-state index in [2.05, 4.69) is 61.6 Å². The SMILES string of the molecule is CCOc1ccc(NC(CC(C)C)c2ccccc2)cc1. The molecule has 2 aromatic rings. The summed E-state index contributed by atoms with van der Waals surface area (Å²) in [5.41, 5.74) is 2.47. The van der Waals surface area contributed by atoms with E-state index in [1.54, 1.807) is 0 Å². The Bertz CT molecular complexity index is 519. The Balaban J connectivity index is 2.11. The van der Waals surface area contributed by atoms with E-state index < -0.39 is 0 Å². The molecule has 0 heterocycles. The second kappa shape index (κ2) is 7.72. The van der Waals surface area contributed by atoms with Crippen molar-refractivity contribution in [2.24, 2.45) is 5.92 Å². The van der Waals surface area contributed by atoms with Crippen LogP contribution in [0.15, 0.2) is 54.6 Å². The normalized spacial score (nSPS) is 12.2. The van der Waals surface area contributed by atoms with E-state index in [0.29, 0.717) is 18.6 Å². The van der Waals surface area contributed by atoms with Gasteiger partial charge < -0.3 is 10.1 Å². The molecule has 2 heteroatoms. The molecule has 0 aliphatic heterocycles. The molecule has 0 aromatic heterocycles. The number of ether oxygens (including phenoxy) is 1. The summed E-state index contributed by atoms with van der Waals surface area (Å²) in [4.78, 5) is 0. The van der Waals surface area contributed by atoms with E-state index >= 15 is 0 Å². The van der Waals surface area contributed by atoms with E-state index in [1.165, 1.54) is 5.56 Å². The minimum atomic E-state index is 0.337. The van der Waals surface area contributed by atoms with E-state index in [4.69, 9.17) is 4.74 Å². The van der Waals surface area contributed by atoms with Crippen molar-refractivity contribution in [2.75, 3.05) is 11.9 Å². The average Bonchev–Trinajstić information content (AvgIpc) is 2.49. The Hall–Kier alpha value is -1.96. The summed E-state index contributed by atoms with van der Waals surface area (Å²) >= 11 is 0. The molecule has 1 N–H and O–H groups in total. The van der Waals surface area contributed by atoms with Crippen molar-refractivity contribution in [3.8, 4) is 5.75 Å². The number of benzene rings is 2. The van der Waals surface area contributed by atoms with Gasteiger partial charge in [0.2, 0.25) is 0 Å². The molecule has 1 atom stereocenters. The second-order valence-electron chi connectivity index (χ2n) is 5.69. The fourth-order valence-corrected chi connectivity index (χ4v) is 2.45. The third-order valence-corrected chi connectivity index (χ3v) is 3.42. The van der Waals surface area contributed by atoms with Gasteiger partial charge in [-0.3, -0.25) is 0 Å². The van der Waals surface area contributed by atoms with Crippen molar-refractivity contribution in [3.63, 3.8) is 0 Å². The van der Waals surface area contributed by atoms with Gasteiger partial charge in [0.05, 0.1) is 12.6 Å². The molecular formula is C19H25NO. The fraction of sp³-hybridized carbons (Fsp3) is 0.368. The maximum absolute atomic E-state index is 5.49. The van der Waals surface area contributed by atoms with E-state index in [1.807, 2.05) is 19.1 Å². The molecule has 1 unspecified atom stereocenters. The Kier molecular flexibility index (Phi) is 5.68.